The highest BCUT2D eigenvalue weighted by molar-refractivity contribution is 7.45. The van der Waals surface area contributed by atoms with Crippen LogP contribution in [0.3, 0.4) is 0 Å². The summed E-state index contributed by atoms with van der Waals surface area (Å²) in [6.07, 6.45) is 80.7. The van der Waals surface area contributed by atoms with E-state index < -0.39 is 26.6 Å². The molecule has 0 aliphatic carbocycles. The minimum Gasteiger partial charge on any atom is -0.756 e. The number of amides is 1. The maximum Gasteiger partial charge on any atom is 0.268 e. The summed E-state index contributed by atoms with van der Waals surface area (Å²) in [6, 6.07) is -0.921. The molecule has 0 aliphatic heterocycles. The minimum absolute atomic E-state index is 0.0149. The Morgan fingerprint density at radius 2 is 0.827 bits per heavy atom. The van der Waals surface area contributed by atoms with Gasteiger partial charge in [-0.3, -0.25) is 9.36 Å². The molecule has 0 saturated carbocycles. The van der Waals surface area contributed by atoms with Crippen molar-refractivity contribution in [3.05, 3.63) is 97.2 Å². The number of hydrogen-bond acceptors (Lipinski definition) is 6. The quantitative estimate of drug-likeness (QED) is 0.0272. The van der Waals surface area contributed by atoms with Crippen LogP contribution in [0.1, 0.15) is 264 Å². The Bertz CT molecular complexity index is 1540. The molecule has 0 fully saturated rings. The zero-order valence-electron chi connectivity index (χ0n) is 49.5. The van der Waals surface area contributed by atoms with Gasteiger partial charge in [0.1, 0.15) is 13.2 Å². The van der Waals surface area contributed by atoms with Gasteiger partial charge in [0.2, 0.25) is 5.91 Å². The Morgan fingerprint density at radius 1 is 0.480 bits per heavy atom. The van der Waals surface area contributed by atoms with Crippen molar-refractivity contribution in [1.82, 2.24) is 5.32 Å². The lowest BCUT2D eigenvalue weighted by molar-refractivity contribution is -0.870. The standard InChI is InChI=1S/C66H119N2O6P/c1-6-8-10-12-14-16-18-20-22-24-26-28-30-32-33-34-36-37-39-41-43-45-47-49-51-53-55-57-59-65(69)64(63-74-75(71,72)73-62-61-68(3,4)5)67-66(70)60-58-56-54-52-50-48-46-44-42-40-38-35-31-29-27-25-23-21-19-17-15-13-11-9-7-2/h9,11,15,17,21,23,27,29,35,38,41,43,49,51,57,59,64-65,69H,6-8,10,12-14,16,18-20,22,24-26,28,30-34,36-37,39-40,42,44-48,50,52-56,58,60-63H2,1-5H3,(H-,67,70,71,72)/b11-9-,17-15-,23-21-,29-27-,38-35-,43-41+,51-49+,59-57+. The molecule has 0 spiro atoms. The zero-order valence-corrected chi connectivity index (χ0v) is 50.4. The predicted octanol–water partition coefficient (Wildman–Crippen LogP) is 18.7. The first-order valence-corrected chi connectivity index (χ1v) is 32.6. The Labute approximate surface area is 464 Å². The summed E-state index contributed by atoms with van der Waals surface area (Å²) in [5.74, 6) is -0.220. The van der Waals surface area contributed by atoms with Crippen LogP contribution in [0.4, 0.5) is 0 Å². The number of phosphoric acid groups is 1. The molecule has 0 aromatic carbocycles. The van der Waals surface area contributed by atoms with Crippen LogP contribution in [-0.4, -0.2) is 68.5 Å². The van der Waals surface area contributed by atoms with Gasteiger partial charge in [-0.05, 0) is 89.9 Å². The van der Waals surface area contributed by atoms with Crippen LogP contribution >= 0.6 is 7.82 Å². The molecular formula is C66H119N2O6P. The molecule has 75 heavy (non-hydrogen) atoms. The Balaban J connectivity index is 4.27. The summed E-state index contributed by atoms with van der Waals surface area (Å²) in [6.45, 7) is 4.52. The summed E-state index contributed by atoms with van der Waals surface area (Å²) in [7, 11) is 1.22. The fourth-order valence-electron chi connectivity index (χ4n) is 8.68. The number of quaternary nitrogens is 1. The summed E-state index contributed by atoms with van der Waals surface area (Å²) >= 11 is 0. The fourth-order valence-corrected chi connectivity index (χ4v) is 9.41. The molecule has 8 nitrogen and oxygen atoms in total. The first-order chi connectivity index (χ1) is 36.5. The Hall–Kier alpha value is -2.58. The van der Waals surface area contributed by atoms with Gasteiger partial charge >= 0.3 is 0 Å². The maximum atomic E-state index is 13.0. The predicted molar refractivity (Wildman–Crippen MR) is 325 cm³/mol. The van der Waals surface area contributed by atoms with Crippen LogP contribution in [0.2, 0.25) is 0 Å². The number of carbonyl (C=O) groups excluding carboxylic acids is 1. The summed E-state index contributed by atoms with van der Waals surface area (Å²) in [5.41, 5.74) is 0. The lowest BCUT2D eigenvalue weighted by atomic mass is 10.0. The third-order valence-corrected chi connectivity index (χ3v) is 14.5. The molecule has 0 bridgehead atoms. The lowest BCUT2D eigenvalue weighted by Crippen LogP contribution is -2.45. The number of aliphatic hydroxyl groups is 1. The number of aliphatic hydroxyl groups excluding tert-OH is 1. The van der Waals surface area contributed by atoms with Crippen LogP contribution in [0, 0.1) is 0 Å². The number of phosphoric ester groups is 1. The molecule has 3 unspecified atom stereocenters. The van der Waals surface area contributed by atoms with Crippen LogP contribution < -0.4 is 10.2 Å². The summed E-state index contributed by atoms with van der Waals surface area (Å²) in [5, 5.41) is 13.9. The van der Waals surface area contributed by atoms with E-state index in [0.717, 1.165) is 89.9 Å². The van der Waals surface area contributed by atoms with Gasteiger partial charge in [0, 0.05) is 6.42 Å². The zero-order chi connectivity index (χ0) is 54.9. The topological polar surface area (TPSA) is 108 Å². The average molecular weight is 1070 g/mol. The molecule has 0 aromatic rings. The van der Waals surface area contributed by atoms with E-state index >= 15 is 0 Å². The van der Waals surface area contributed by atoms with Crippen LogP contribution in [-0.2, 0) is 18.4 Å². The maximum absolute atomic E-state index is 13.0. The van der Waals surface area contributed by atoms with E-state index in [4.69, 9.17) is 9.05 Å². The van der Waals surface area contributed by atoms with E-state index in [1.54, 1.807) is 6.08 Å². The number of nitrogens with zero attached hydrogens (tertiary/aromatic N) is 1. The van der Waals surface area contributed by atoms with Crippen molar-refractivity contribution in [2.75, 3.05) is 40.9 Å². The van der Waals surface area contributed by atoms with Crippen molar-refractivity contribution in [3.8, 4) is 0 Å². The molecule has 434 valence electrons. The molecule has 2 N–H and O–H groups in total. The molecule has 3 atom stereocenters. The lowest BCUT2D eigenvalue weighted by Gasteiger charge is -2.29. The van der Waals surface area contributed by atoms with Gasteiger partial charge in [-0.1, -0.05) is 265 Å². The molecule has 0 aromatic heterocycles. The third-order valence-electron chi connectivity index (χ3n) is 13.5. The van der Waals surface area contributed by atoms with E-state index in [9.17, 15) is 19.4 Å². The average Bonchev–Trinajstić information content (AvgIpc) is 3.37. The van der Waals surface area contributed by atoms with Gasteiger partial charge in [-0.25, -0.2) is 0 Å². The van der Waals surface area contributed by atoms with Crippen molar-refractivity contribution < 1.29 is 32.9 Å². The van der Waals surface area contributed by atoms with E-state index in [1.807, 2.05) is 27.2 Å². The number of hydrogen-bond donors (Lipinski definition) is 2. The smallest absolute Gasteiger partial charge is 0.268 e. The number of allylic oxidation sites excluding steroid dienone is 15. The second-order valence-electron chi connectivity index (χ2n) is 22.0. The molecule has 0 rings (SSSR count). The second-order valence-corrected chi connectivity index (χ2v) is 23.4. The van der Waals surface area contributed by atoms with Gasteiger partial charge in [-0.15, -0.1) is 0 Å². The van der Waals surface area contributed by atoms with E-state index in [2.05, 4.69) is 104 Å². The molecule has 0 aliphatic rings. The number of rotatable bonds is 56. The van der Waals surface area contributed by atoms with Crippen molar-refractivity contribution in [2.45, 2.75) is 276 Å². The molecule has 0 heterocycles. The molecular weight excluding hydrogens is 948 g/mol. The Kier molecular flexibility index (Phi) is 54.2. The van der Waals surface area contributed by atoms with Gasteiger partial charge in [0.05, 0.1) is 39.9 Å². The van der Waals surface area contributed by atoms with E-state index in [1.165, 1.54) is 154 Å². The van der Waals surface area contributed by atoms with E-state index in [-0.39, 0.29) is 12.5 Å². The largest absolute Gasteiger partial charge is 0.756 e. The van der Waals surface area contributed by atoms with Crippen LogP contribution in [0.25, 0.3) is 0 Å². The van der Waals surface area contributed by atoms with Gasteiger partial charge < -0.3 is 28.8 Å². The second kappa shape index (κ2) is 56.2. The highest BCUT2D eigenvalue weighted by Crippen LogP contribution is 2.38. The molecule has 0 radical (unpaired) electrons. The van der Waals surface area contributed by atoms with E-state index in [0.29, 0.717) is 17.4 Å². The molecule has 9 heteroatoms. The first-order valence-electron chi connectivity index (χ1n) is 31.1. The number of carbonyl (C=O) groups is 1. The molecule has 0 saturated heterocycles. The fraction of sp³-hybridized carbons (Fsp3) is 0.742. The monoisotopic (exact) mass is 1070 g/mol. The highest BCUT2D eigenvalue weighted by Gasteiger charge is 2.23. The van der Waals surface area contributed by atoms with Gasteiger partial charge in [0.25, 0.3) is 7.82 Å². The van der Waals surface area contributed by atoms with Crippen molar-refractivity contribution in [2.24, 2.45) is 0 Å². The van der Waals surface area contributed by atoms with Crippen LogP contribution in [0.15, 0.2) is 97.2 Å². The molecule has 1 amide bonds. The number of likely N-dealkylation sites (N-methyl/N-ethyl adjacent to an activating group) is 1. The normalized spacial score (nSPS) is 14.5. The first kappa shape index (κ1) is 72.4. The SMILES string of the molecule is CC/C=C\C/C=C\C/C=C\C/C=C\C/C=C\CCCCCCCCCCCC(=O)NC(COP(=O)([O-])OCC[N+](C)(C)C)C(O)/C=C/CC/C=C/CC/C=C/CCCCCCCCCCCCCCCCCCCC. The Morgan fingerprint density at radius 3 is 1.24 bits per heavy atom. The van der Waals surface area contributed by atoms with Crippen LogP contribution in [0.5, 0.6) is 0 Å². The van der Waals surface area contributed by atoms with Gasteiger partial charge in [-0.2, -0.15) is 0 Å². The highest BCUT2D eigenvalue weighted by atomic mass is 31.2. The third kappa shape index (κ3) is 58.9. The minimum atomic E-state index is -4.62. The van der Waals surface area contributed by atoms with Crippen molar-refractivity contribution in [3.63, 3.8) is 0 Å². The summed E-state index contributed by atoms with van der Waals surface area (Å²) < 4.78 is 23.4. The van der Waals surface area contributed by atoms with Gasteiger partial charge in [0.15, 0.2) is 0 Å². The summed E-state index contributed by atoms with van der Waals surface area (Å²) in [4.78, 5) is 25.5. The number of unbranched alkanes of at least 4 members (excludes halogenated alkanes) is 29. The number of nitrogens with one attached hydrogen (secondary N) is 1. The van der Waals surface area contributed by atoms with Crippen molar-refractivity contribution >= 4 is 13.7 Å². The van der Waals surface area contributed by atoms with Crippen molar-refractivity contribution in [1.29, 1.82) is 0 Å².